The molecule has 1 rings (SSSR count). The molecular weight excluding hydrogens is 576 g/mol. The second-order valence-corrected chi connectivity index (χ2v) is 12.6. The molecule has 1 aliphatic heterocycles. The Hall–Kier alpha value is -2.44. The van der Waals surface area contributed by atoms with Gasteiger partial charge in [-0.25, -0.2) is 0 Å². The van der Waals surface area contributed by atoms with Crippen LogP contribution in [0.5, 0.6) is 0 Å². The van der Waals surface area contributed by atoms with Gasteiger partial charge in [-0.2, -0.15) is 0 Å². The summed E-state index contributed by atoms with van der Waals surface area (Å²) in [6.07, 6.45) is 40.3. The summed E-state index contributed by atoms with van der Waals surface area (Å²) in [5, 5.41) is 9.98. The molecule has 4 atom stereocenters. The summed E-state index contributed by atoms with van der Waals surface area (Å²) < 4.78 is 15.9. The summed E-state index contributed by atoms with van der Waals surface area (Å²) in [5.41, 5.74) is 0. The summed E-state index contributed by atoms with van der Waals surface area (Å²) in [7, 11) is 0. The van der Waals surface area contributed by atoms with Gasteiger partial charge in [0.25, 0.3) is 0 Å². The van der Waals surface area contributed by atoms with Crippen molar-refractivity contribution in [2.75, 3.05) is 13.2 Å². The Morgan fingerprint density at radius 3 is 1.70 bits per heavy atom. The van der Waals surface area contributed by atoms with Crippen LogP contribution in [-0.4, -0.2) is 48.6 Å². The number of hydrogen-bond acceptors (Lipinski definition) is 6. The Morgan fingerprint density at radius 1 is 0.652 bits per heavy atom. The lowest BCUT2D eigenvalue weighted by Gasteiger charge is -2.12. The van der Waals surface area contributed by atoms with Crippen molar-refractivity contribution in [1.82, 2.24) is 0 Å². The molecule has 0 bridgehead atoms. The van der Waals surface area contributed by atoms with Crippen LogP contribution in [0.15, 0.2) is 60.8 Å². The highest BCUT2D eigenvalue weighted by Gasteiger charge is 2.35. The van der Waals surface area contributed by atoms with E-state index in [-0.39, 0.29) is 31.6 Å². The number of unbranched alkanes of at least 4 members (excludes halogenated alkanes) is 7. The number of esters is 2. The normalized spacial score (nSPS) is 18.0. The Labute approximate surface area is 281 Å². The van der Waals surface area contributed by atoms with E-state index in [2.05, 4.69) is 69.4 Å². The van der Waals surface area contributed by atoms with E-state index < -0.39 is 6.10 Å². The van der Waals surface area contributed by atoms with Crippen LogP contribution in [0.1, 0.15) is 143 Å². The van der Waals surface area contributed by atoms with Gasteiger partial charge in [-0.1, -0.05) is 139 Å². The van der Waals surface area contributed by atoms with E-state index in [4.69, 9.17) is 14.2 Å². The van der Waals surface area contributed by atoms with Crippen LogP contribution in [0.2, 0.25) is 0 Å². The second kappa shape index (κ2) is 29.9. The predicted octanol–water partition coefficient (Wildman–Crippen LogP) is 10.1. The van der Waals surface area contributed by atoms with E-state index in [1.54, 1.807) is 0 Å². The van der Waals surface area contributed by atoms with Crippen LogP contribution in [0.25, 0.3) is 0 Å². The first-order chi connectivity index (χ1) is 22.5. The Kier molecular flexibility index (Phi) is 27.1. The van der Waals surface area contributed by atoms with E-state index in [0.717, 1.165) is 63.7 Å². The average Bonchev–Trinajstić information content (AvgIpc) is 3.81. The smallest absolute Gasteiger partial charge is 0.306 e. The third-order valence-electron chi connectivity index (χ3n) is 8.22. The van der Waals surface area contributed by atoms with Gasteiger partial charge in [0.05, 0.1) is 12.2 Å². The molecule has 6 heteroatoms. The third kappa shape index (κ3) is 26.7. The van der Waals surface area contributed by atoms with E-state index in [9.17, 15) is 14.7 Å². The van der Waals surface area contributed by atoms with E-state index >= 15 is 0 Å². The van der Waals surface area contributed by atoms with Gasteiger partial charge >= 0.3 is 11.9 Å². The van der Waals surface area contributed by atoms with Crippen LogP contribution in [0.3, 0.4) is 0 Å². The topological polar surface area (TPSA) is 85.4 Å². The van der Waals surface area contributed by atoms with Gasteiger partial charge < -0.3 is 19.3 Å². The molecule has 1 saturated heterocycles. The van der Waals surface area contributed by atoms with Crippen molar-refractivity contribution in [3.05, 3.63) is 60.8 Å². The van der Waals surface area contributed by atoms with Gasteiger partial charge in [-0.15, -0.1) is 0 Å². The molecule has 0 radical (unpaired) electrons. The number of aliphatic hydroxyl groups excluding tert-OH is 1. The molecule has 0 saturated carbocycles. The third-order valence-corrected chi connectivity index (χ3v) is 8.22. The summed E-state index contributed by atoms with van der Waals surface area (Å²) >= 11 is 0. The van der Waals surface area contributed by atoms with Crippen molar-refractivity contribution in [2.45, 2.75) is 161 Å². The molecule has 1 N–H and O–H groups in total. The van der Waals surface area contributed by atoms with Crippen molar-refractivity contribution >= 4 is 11.9 Å². The molecule has 46 heavy (non-hydrogen) atoms. The molecule has 0 amide bonds. The van der Waals surface area contributed by atoms with Crippen LogP contribution in [0, 0.1) is 5.92 Å². The largest absolute Gasteiger partial charge is 0.463 e. The fourth-order valence-electron chi connectivity index (χ4n) is 4.95. The Bertz CT molecular complexity index is 901. The molecule has 0 spiro atoms. The number of allylic oxidation sites excluding steroid dienone is 8. The number of epoxide rings is 1. The van der Waals surface area contributed by atoms with Crippen molar-refractivity contribution in [3.63, 3.8) is 0 Å². The standard InChI is InChI=1S/C40H66O6/c1-4-6-23-29-37-38(46-37)30-25-20-16-11-9-7-8-10-12-17-21-26-31-39(42)44-33-36(41)34-45-40(43)32-27-22-18-14-13-15-19-24-28-35(3)5-2/h6,8-11,17,20-21,23,25,35-38,41H,4-5,7,12-16,18-19,22,24,26-34H2,1-3H3/b10-8-,11-9-,21-17-,23-6-,25-20-/t35?,36-,37?,38?/m0/s1. The zero-order valence-corrected chi connectivity index (χ0v) is 29.4. The molecule has 262 valence electrons. The predicted molar refractivity (Wildman–Crippen MR) is 191 cm³/mol. The molecule has 0 aromatic rings. The fraction of sp³-hybridized carbons (Fsp3) is 0.700. The number of rotatable bonds is 30. The first kappa shape index (κ1) is 41.6. The van der Waals surface area contributed by atoms with Gasteiger partial charge in [0.2, 0.25) is 0 Å². The van der Waals surface area contributed by atoms with Crippen molar-refractivity contribution in [1.29, 1.82) is 0 Å². The molecule has 1 fully saturated rings. The van der Waals surface area contributed by atoms with Crippen molar-refractivity contribution < 1.29 is 28.9 Å². The summed E-state index contributed by atoms with van der Waals surface area (Å²) in [5.74, 6) is 0.181. The highest BCUT2D eigenvalue weighted by atomic mass is 16.6. The molecule has 0 aromatic heterocycles. The number of carbonyl (C=O) groups is 2. The van der Waals surface area contributed by atoms with Crippen LogP contribution >= 0.6 is 0 Å². The van der Waals surface area contributed by atoms with E-state index in [0.29, 0.717) is 25.0 Å². The van der Waals surface area contributed by atoms with Crippen molar-refractivity contribution in [2.24, 2.45) is 5.92 Å². The minimum atomic E-state index is -0.998. The maximum Gasteiger partial charge on any atom is 0.306 e. The Balaban J connectivity index is 1.90. The van der Waals surface area contributed by atoms with E-state index in [1.165, 1.54) is 44.9 Å². The molecule has 1 heterocycles. The molecule has 0 aliphatic carbocycles. The number of ether oxygens (including phenoxy) is 3. The fourth-order valence-corrected chi connectivity index (χ4v) is 4.95. The monoisotopic (exact) mass is 642 g/mol. The van der Waals surface area contributed by atoms with Crippen LogP contribution in [-0.2, 0) is 23.8 Å². The molecule has 0 aromatic carbocycles. The lowest BCUT2D eigenvalue weighted by Crippen LogP contribution is -2.25. The minimum Gasteiger partial charge on any atom is -0.463 e. The van der Waals surface area contributed by atoms with Crippen LogP contribution < -0.4 is 0 Å². The molecular formula is C40H66O6. The SMILES string of the molecule is CC/C=C\CC1OC1C/C=C\C/C=C\C/C=C\C/C=C\CCC(=O)OC[C@H](O)COC(=O)CCCCCCCCCCC(C)CC. The van der Waals surface area contributed by atoms with E-state index in [1.807, 2.05) is 12.2 Å². The maximum absolute atomic E-state index is 11.9. The molecule has 1 aliphatic rings. The Morgan fingerprint density at radius 2 is 1.13 bits per heavy atom. The zero-order chi connectivity index (χ0) is 33.5. The summed E-state index contributed by atoms with van der Waals surface area (Å²) in [6.45, 7) is 6.43. The zero-order valence-electron chi connectivity index (χ0n) is 29.4. The minimum absolute atomic E-state index is 0.144. The van der Waals surface area contributed by atoms with Gasteiger partial charge in [0.1, 0.15) is 19.3 Å². The quantitative estimate of drug-likeness (QED) is 0.0363. The maximum atomic E-state index is 11.9. The number of carbonyl (C=O) groups excluding carboxylic acids is 2. The first-order valence-electron chi connectivity index (χ1n) is 18.4. The first-order valence-corrected chi connectivity index (χ1v) is 18.4. The summed E-state index contributed by atoms with van der Waals surface area (Å²) in [4.78, 5) is 23.8. The summed E-state index contributed by atoms with van der Waals surface area (Å²) in [6, 6.07) is 0. The lowest BCUT2D eigenvalue weighted by atomic mass is 9.99. The van der Waals surface area contributed by atoms with Crippen molar-refractivity contribution in [3.8, 4) is 0 Å². The molecule has 6 nitrogen and oxygen atoms in total. The highest BCUT2D eigenvalue weighted by Crippen LogP contribution is 2.29. The van der Waals surface area contributed by atoms with Gasteiger partial charge in [0, 0.05) is 12.8 Å². The highest BCUT2D eigenvalue weighted by molar-refractivity contribution is 5.70. The van der Waals surface area contributed by atoms with Crippen LogP contribution in [0.4, 0.5) is 0 Å². The average molecular weight is 643 g/mol. The van der Waals surface area contributed by atoms with Gasteiger partial charge in [-0.3, -0.25) is 9.59 Å². The molecule has 3 unspecified atom stereocenters. The van der Waals surface area contributed by atoms with Gasteiger partial charge in [0.15, 0.2) is 0 Å². The number of aliphatic hydroxyl groups is 1. The number of hydrogen-bond donors (Lipinski definition) is 1. The lowest BCUT2D eigenvalue weighted by molar-refractivity contribution is -0.152. The van der Waals surface area contributed by atoms with Gasteiger partial charge in [-0.05, 0) is 57.3 Å². The second-order valence-electron chi connectivity index (χ2n) is 12.6.